The normalized spacial score (nSPS) is 14.2. The van der Waals surface area contributed by atoms with Crippen LogP contribution in [0.2, 0.25) is 0 Å². The molecule has 0 aromatic heterocycles. The van der Waals surface area contributed by atoms with E-state index in [0.29, 0.717) is 17.0 Å². The zero-order valence-corrected chi connectivity index (χ0v) is 12.2. The molecule has 0 atom stereocenters. The van der Waals surface area contributed by atoms with E-state index in [1.165, 1.54) is 24.3 Å². The molecule has 0 unspecified atom stereocenters. The summed E-state index contributed by atoms with van der Waals surface area (Å²) in [6.07, 6.45) is -5.01. The Morgan fingerprint density at radius 1 is 0.920 bits per heavy atom. The number of halogens is 5. The fraction of sp³-hybridized carbons (Fsp3) is 0.125. The third-order valence-corrected chi connectivity index (χ3v) is 3.54. The Hall–Kier alpha value is -2.97. The number of rotatable bonds is 3. The Labute approximate surface area is 137 Å². The molecular weight excluding hydrogens is 349 g/mol. The van der Waals surface area contributed by atoms with Gasteiger partial charge in [0.05, 0.1) is 22.4 Å². The van der Waals surface area contributed by atoms with E-state index in [9.17, 15) is 31.5 Å². The highest BCUT2D eigenvalue weighted by molar-refractivity contribution is 6.34. The molecule has 1 aliphatic heterocycles. The van der Waals surface area contributed by atoms with Crippen LogP contribution in [0.25, 0.3) is 0 Å². The van der Waals surface area contributed by atoms with Crippen molar-refractivity contribution < 1.29 is 36.3 Å². The van der Waals surface area contributed by atoms with Crippen molar-refractivity contribution in [3.8, 4) is 5.75 Å². The minimum absolute atomic E-state index is 0.0500. The zero-order chi connectivity index (χ0) is 18.4. The van der Waals surface area contributed by atoms with Gasteiger partial charge >= 0.3 is 12.8 Å². The van der Waals surface area contributed by atoms with Crippen LogP contribution in [0.4, 0.5) is 27.6 Å². The van der Waals surface area contributed by atoms with Crippen LogP contribution in [0.5, 0.6) is 5.75 Å². The van der Waals surface area contributed by atoms with Gasteiger partial charge in [-0.05, 0) is 30.3 Å². The zero-order valence-electron chi connectivity index (χ0n) is 12.2. The molecule has 0 aliphatic carbocycles. The fourth-order valence-electron chi connectivity index (χ4n) is 2.50. The molecule has 25 heavy (non-hydrogen) atoms. The number of anilines is 1. The first-order valence-electron chi connectivity index (χ1n) is 6.84. The highest BCUT2D eigenvalue weighted by Gasteiger charge is 2.40. The predicted molar refractivity (Wildman–Crippen MR) is 75.7 cm³/mol. The topological polar surface area (TPSA) is 46.6 Å². The fourth-order valence-corrected chi connectivity index (χ4v) is 2.50. The highest BCUT2D eigenvalue weighted by atomic mass is 19.4. The molecule has 0 N–H and O–H groups in total. The monoisotopic (exact) mass is 357 g/mol. The van der Waals surface area contributed by atoms with Gasteiger partial charge < -0.3 is 4.74 Å². The van der Waals surface area contributed by atoms with E-state index >= 15 is 0 Å². The van der Waals surface area contributed by atoms with E-state index < -0.39 is 35.9 Å². The quantitative estimate of drug-likeness (QED) is 0.614. The van der Waals surface area contributed by atoms with E-state index in [2.05, 4.69) is 4.74 Å². The minimum atomic E-state index is -5.01. The third-order valence-electron chi connectivity index (χ3n) is 3.54. The second-order valence-electron chi connectivity index (χ2n) is 5.05. The van der Waals surface area contributed by atoms with Gasteiger partial charge in [-0.25, -0.2) is 4.90 Å². The van der Waals surface area contributed by atoms with Gasteiger partial charge in [-0.3, -0.25) is 9.59 Å². The molecule has 2 amide bonds. The van der Waals surface area contributed by atoms with Crippen LogP contribution >= 0.6 is 0 Å². The number of amides is 2. The molecule has 0 fully saturated rings. The molecular formula is C16H8F5NO3. The summed E-state index contributed by atoms with van der Waals surface area (Å²) >= 11 is 0. The van der Waals surface area contributed by atoms with Crippen molar-refractivity contribution in [2.75, 3.05) is 4.90 Å². The van der Waals surface area contributed by atoms with Gasteiger partial charge in [0.2, 0.25) is 0 Å². The number of hydrogen-bond acceptors (Lipinski definition) is 3. The molecule has 3 rings (SSSR count). The smallest absolute Gasteiger partial charge is 0.420 e. The molecule has 0 spiro atoms. The van der Waals surface area contributed by atoms with Gasteiger partial charge in [-0.1, -0.05) is 12.1 Å². The molecule has 0 saturated heterocycles. The summed E-state index contributed by atoms with van der Waals surface area (Å²) in [6.45, 7) is -3.45. The summed E-state index contributed by atoms with van der Waals surface area (Å²) < 4.78 is 67.8. The van der Waals surface area contributed by atoms with Crippen LogP contribution in [0.1, 0.15) is 26.3 Å². The minimum Gasteiger partial charge on any atom is -0.434 e. The summed E-state index contributed by atoms with van der Waals surface area (Å²) in [6, 6.07) is 7.77. The summed E-state index contributed by atoms with van der Waals surface area (Å²) in [5.41, 5.74) is -1.80. The predicted octanol–water partition coefficient (Wildman–Crippen LogP) is 4.11. The van der Waals surface area contributed by atoms with Crippen LogP contribution in [0, 0.1) is 0 Å². The molecule has 130 valence electrons. The van der Waals surface area contributed by atoms with Crippen LogP contribution < -0.4 is 9.64 Å². The first-order valence-corrected chi connectivity index (χ1v) is 6.84. The molecule has 0 saturated carbocycles. The van der Waals surface area contributed by atoms with Gasteiger partial charge in [-0.2, -0.15) is 22.0 Å². The number of benzene rings is 2. The molecule has 9 heteroatoms. The van der Waals surface area contributed by atoms with Gasteiger partial charge in [0.15, 0.2) is 0 Å². The molecule has 2 aromatic carbocycles. The van der Waals surface area contributed by atoms with E-state index in [4.69, 9.17) is 0 Å². The first-order chi connectivity index (χ1) is 11.7. The lowest BCUT2D eigenvalue weighted by molar-refractivity contribution is -0.141. The lowest BCUT2D eigenvalue weighted by Crippen LogP contribution is -2.29. The highest BCUT2D eigenvalue weighted by Crippen LogP contribution is 2.40. The third kappa shape index (κ3) is 2.92. The number of ether oxygens (including phenoxy) is 1. The van der Waals surface area contributed by atoms with Crippen LogP contribution in [0.3, 0.4) is 0 Å². The average molecular weight is 357 g/mol. The lowest BCUT2D eigenvalue weighted by atomic mass is 10.1. The first kappa shape index (κ1) is 16.9. The van der Waals surface area contributed by atoms with Crippen molar-refractivity contribution in [1.82, 2.24) is 0 Å². The van der Waals surface area contributed by atoms with Gasteiger partial charge in [0, 0.05) is 0 Å². The summed E-state index contributed by atoms with van der Waals surface area (Å²) in [5.74, 6) is -2.68. The lowest BCUT2D eigenvalue weighted by Gasteiger charge is -2.18. The molecule has 0 radical (unpaired) electrons. The number of hydrogen-bond donors (Lipinski definition) is 0. The molecule has 1 heterocycles. The second-order valence-corrected chi connectivity index (χ2v) is 5.05. The summed E-state index contributed by atoms with van der Waals surface area (Å²) in [7, 11) is 0. The van der Waals surface area contributed by atoms with Crippen molar-refractivity contribution >= 4 is 17.5 Å². The van der Waals surface area contributed by atoms with E-state index in [-0.39, 0.29) is 16.8 Å². The standard InChI is InChI=1S/C16H8F5NO3/c17-15(18)25-12-6-5-8(7-11(12)16(19,20)21)22-13(23)9-3-1-2-4-10(9)14(22)24/h1-7,15H. The Morgan fingerprint density at radius 3 is 1.96 bits per heavy atom. The number of nitrogens with zero attached hydrogens (tertiary/aromatic N) is 1. The largest absolute Gasteiger partial charge is 0.434 e. The van der Waals surface area contributed by atoms with Crippen LogP contribution in [0.15, 0.2) is 42.5 Å². The Kier molecular flexibility index (Phi) is 3.94. The van der Waals surface area contributed by atoms with Crippen molar-refractivity contribution in [2.45, 2.75) is 12.8 Å². The van der Waals surface area contributed by atoms with Crippen LogP contribution in [-0.4, -0.2) is 18.4 Å². The Morgan fingerprint density at radius 2 is 1.48 bits per heavy atom. The average Bonchev–Trinajstić information content (AvgIpc) is 2.78. The summed E-state index contributed by atoms with van der Waals surface area (Å²) in [4.78, 5) is 25.2. The maximum absolute atomic E-state index is 13.1. The Bertz CT molecular complexity index is 828. The summed E-state index contributed by atoms with van der Waals surface area (Å²) in [5, 5.41) is 0. The van der Waals surface area contributed by atoms with Crippen molar-refractivity contribution in [3.63, 3.8) is 0 Å². The van der Waals surface area contributed by atoms with Gasteiger partial charge in [0.25, 0.3) is 11.8 Å². The second kappa shape index (κ2) is 5.83. The molecule has 4 nitrogen and oxygen atoms in total. The molecule has 2 aromatic rings. The van der Waals surface area contributed by atoms with Crippen molar-refractivity contribution in [2.24, 2.45) is 0 Å². The van der Waals surface area contributed by atoms with Crippen LogP contribution in [-0.2, 0) is 6.18 Å². The van der Waals surface area contributed by atoms with Crippen molar-refractivity contribution in [3.05, 3.63) is 59.2 Å². The number of imide groups is 1. The van der Waals surface area contributed by atoms with E-state index in [1.807, 2.05) is 0 Å². The number of fused-ring (bicyclic) bond motifs is 1. The van der Waals surface area contributed by atoms with E-state index in [0.717, 1.165) is 6.07 Å². The Balaban J connectivity index is 2.07. The number of alkyl halides is 5. The maximum Gasteiger partial charge on any atom is 0.420 e. The molecule has 0 bridgehead atoms. The number of carbonyl (C=O) groups excluding carboxylic acids is 2. The van der Waals surface area contributed by atoms with E-state index in [1.54, 1.807) is 0 Å². The van der Waals surface area contributed by atoms with Gasteiger partial charge in [0.1, 0.15) is 5.75 Å². The molecule has 1 aliphatic rings. The number of carbonyl (C=O) groups is 2. The van der Waals surface area contributed by atoms with Crippen molar-refractivity contribution in [1.29, 1.82) is 0 Å². The maximum atomic E-state index is 13.1. The SMILES string of the molecule is O=C1c2ccccc2C(=O)N1c1ccc(OC(F)F)c(C(F)(F)F)c1. The van der Waals surface area contributed by atoms with Gasteiger partial charge in [-0.15, -0.1) is 0 Å².